The second-order valence-electron chi connectivity index (χ2n) is 15.4. The van der Waals surface area contributed by atoms with Crippen LogP contribution in [0, 0.1) is 0 Å². The van der Waals surface area contributed by atoms with E-state index >= 15 is 0 Å². The molecule has 15 rings (SSSR count). The Morgan fingerprint density at radius 3 is 0.727 bits per heavy atom. The molecule has 3 aliphatic rings. The Labute approximate surface area is 312 Å². The minimum Gasteiger partial charge on any atom is -0.341 e. The highest BCUT2D eigenvalue weighted by Gasteiger charge is 2.43. The molecule has 9 aromatic carbocycles. The zero-order valence-corrected chi connectivity index (χ0v) is 29.3. The van der Waals surface area contributed by atoms with Crippen LogP contribution in [0.1, 0.15) is 0 Å². The van der Waals surface area contributed by atoms with E-state index in [1.807, 2.05) is 0 Å². The molecule has 0 atom stereocenters. The summed E-state index contributed by atoms with van der Waals surface area (Å²) < 4.78 is 15.7. The average molecular weight is 699 g/mol. The van der Waals surface area contributed by atoms with Crippen LogP contribution in [0.4, 0.5) is 0 Å². The van der Waals surface area contributed by atoms with Crippen molar-refractivity contribution in [3.63, 3.8) is 0 Å². The molecule has 252 valence electrons. The van der Waals surface area contributed by atoms with Crippen LogP contribution in [-0.4, -0.2) is 34.3 Å². The summed E-state index contributed by atoms with van der Waals surface area (Å²) in [5.74, 6) is 0. The Morgan fingerprint density at radius 1 is 0.255 bits per heavy atom. The van der Waals surface area contributed by atoms with Gasteiger partial charge in [-0.2, -0.15) is 0 Å². The molecule has 0 amide bonds. The third-order valence-corrected chi connectivity index (χ3v) is 12.9. The second kappa shape index (κ2) is 9.04. The molecular weight excluding hydrogens is 671 g/mol. The number of para-hydroxylation sites is 3. The van der Waals surface area contributed by atoms with E-state index in [-0.39, 0.29) is 7.12 Å². The SMILES string of the molecule is c1ccc(-n2c3ccc4ccc5c6c4c3n3c4c7c(ccc42)ccc2c7n4c7c8c(ccc(c8n6B34)n5-c3ccccc3)ccc7n2-c2ccccc2)cc1. The maximum Gasteiger partial charge on any atom is 0.519 e. The number of hydrogen-bond donors (Lipinski definition) is 0. The highest BCUT2D eigenvalue weighted by atomic mass is 15.3. The monoisotopic (exact) mass is 698 g/mol. The first kappa shape index (κ1) is 27.3. The molecule has 0 saturated carbocycles. The van der Waals surface area contributed by atoms with Gasteiger partial charge < -0.3 is 27.1 Å². The molecule has 7 heteroatoms. The molecule has 0 fully saturated rings. The molecule has 12 aromatic rings. The summed E-state index contributed by atoms with van der Waals surface area (Å²) in [7, 11) is -0.164. The summed E-state index contributed by atoms with van der Waals surface area (Å²) in [6, 6.07) is 60.9. The lowest BCUT2D eigenvalue weighted by atomic mass is 9.77. The molecule has 6 nitrogen and oxygen atoms in total. The van der Waals surface area contributed by atoms with E-state index in [4.69, 9.17) is 0 Å². The zero-order chi connectivity index (χ0) is 35.3. The molecule has 3 aromatic heterocycles. The van der Waals surface area contributed by atoms with E-state index in [0.29, 0.717) is 0 Å². The fraction of sp³-hybridized carbons (Fsp3) is 0. The lowest BCUT2D eigenvalue weighted by Crippen LogP contribution is -2.48. The second-order valence-corrected chi connectivity index (χ2v) is 15.4. The number of nitrogens with zero attached hydrogens (tertiary/aromatic N) is 6. The summed E-state index contributed by atoms with van der Waals surface area (Å²) in [6.07, 6.45) is 0. The van der Waals surface area contributed by atoms with Crippen molar-refractivity contribution in [2.75, 3.05) is 0 Å². The van der Waals surface area contributed by atoms with Gasteiger partial charge in [-0.05, 0) is 89.0 Å². The smallest absolute Gasteiger partial charge is 0.341 e. The number of benzene rings is 9. The fourth-order valence-corrected chi connectivity index (χ4v) is 11.0. The Bertz CT molecular complexity index is 3300. The predicted molar refractivity (Wildman–Crippen MR) is 228 cm³/mol. The van der Waals surface area contributed by atoms with E-state index in [1.54, 1.807) is 0 Å². The highest BCUT2D eigenvalue weighted by Crippen LogP contribution is 2.51. The maximum absolute atomic E-state index is 2.71. The largest absolute Gasteiger partial charge is 0.519 e. The van der Waals surface area contributed by atoms with E-state index in [2.05, 4.69) is 191 Å². The van der Waals surface area contributed by atoms with Gasteiger partial charge in [-0.3, -0.25) is 0 Å². The molecule has 6 heterocycles. The van der Waals surface area contributed by atoms with Crippen molar-refractivity contribution in [1.82, 2.24) is 27.1 Å². The van der Waals surface area contributed by atoms with Gasteiger partial charge in [-0.15, -0.1) is 0 Å². The van der Waals surface area contributed by atoms with E-state index < -0.39 is 0 Å². The third kappa shape index (κ3) is 2.91. The van der Waals surface area contributed by atoms with Crippen molar-refractivity contribution < 1.29 is 0 Å². The lowest BCUT2D eigenvalue weighted by Gasteiger charge is -2.41. The normalized spacial score (nSPS) is 13.4. The van der Waals surface area contributed by atoms with Gasteiger partial charge in [-0.25, -0.2) is 0 Å². The minimum atomic E-state index is -0.164. The lowest BCUT2D eigenvalue weighted by molar-refractivity contribution is 1.00. The van der Waals surface area contributed by atoms with Crippen molar-refractivity contribution in [2.24, 2.45) is 0 Å². The quantitative estimate of drug-likeness (QED) is 0.0999. The summed E-state index contributed by atoms with van der Waals surface area (Å²) in [5.41, 5.74) is 18.3. The molecular formula is C48H27BN6. The predicted octanol–water partition coefficient (Wildman–Crippen LogP) is 11.4. The molecule has 0 unspecified atom stereocenters. The molecule has 55 heavy (non-hydrogen) atoms. The summed E-state index contributed by atoms with van der Waals surface area (Å²) in [5, 5.41) is 7.62. The van der Waals surface area contributed by atoms with Crippen LogP contribution in [0.2, 0.25) is 0 Å². The molecule has 0 aliphatic carbocycles. The van der Waals surface area contributed by atoms with Crippen molar-refractivity contribution in [2.45, 2.75) is 0 Å². The van der Waals surface area contributed by atoms with Crippen LogP contribution in [0.5, 0.6) is 0 Å². The van der Waals surface area contributed by atoms with Crippen molar-refractivity contribution >= 4 is 106 Å². The van der Waals surface area contributed by atoms with E-state index in [9.17, 15) is 0 Å². The van der Waals surface area contributed by atoms with Gasteiger partial charge >= 0.3 is 7.12 Å². The summed E-state index contributed by atoms with van der Waals surface area (Å²) in [4.78, 5) is 0. The molecule has 0 spiro atoms. The van der Waals surface area contributed by atoms with E-state index in [0.717, 1.165) is 17.1 Å². The van der Waals surface area contributed by atoms with Gasteiger partial charge in [0.15, 0.2) is 0 Å². The van der Waals surface area contributed by atoms with E-state index in [1.165, 1.54) is 98.5 Å². The zero-order valence-electron chi connectivity index (χ0n) is 29.3. The van der Waals surface area contributed by atoms with Gasteiger partial charge in [0, 0.05) is 33.2 Å². The topological polar surface area (TPSA) is 29.6 Å². The number of hydrogen-bond acceptors (Lipinski definition) is 0. The summed E-state index contributed by atoms with van der Waals surface area (Å²) >= 11 is 0. The number of aromatic nitrogens is 6. The van der Waals surface area contributed by atoms with Crippen LogP contribution in [-0.2, 0) is 0 Å². The summed E-state index contributed by atoms with van der Waals surface area (Å²) in [6.45, 7) is 0. The highest BCUT2D eigenvalue weighted by molar-refractivity contribution is 6.66. The Balaban J connectivity index is 1.37. The Morgan fingerprint density at radius 2 is 0.491 bits per heavy atom. The molecule has 3 aliphatic heterocycles. The van der Waals surface area contributed by atoms with Crippen LogP contribution in [0.3, 0.4) is 0 Å². The van der Waals surface area contributed by atoms with Crippen LogP contribution in [0.25, 0.3) is 116 Å². The molecule has 0 radical (unpaired) electrons. The minimum absolute atomic E-state index is 0.164. The average Bonchev–Trinajstić information content (AvgIpc) is 3.25. The standard InChI is InChI=1S/C48H27BN6/c1-4-10-31(11-5-1)50-34-22-16-28-18-24-36-45-40(28)43(34)53-44-35(50)23-17-29-19-25-37-46(41(29)44)55-48-39(52(37)33-14-8-3-9-15-33)27-21-30-20-26-38(47(42(30)48)54(45)49(53)55)51(36)32-12-6-2-7-13-32/h1-27H. The van der Waals surface area contributed by atoms with Crippen LogP contribution < -0.4 is 0 Å². The maximum atomic E-state index is 2.71. The van der Waals surface area contributed by atoms with Crippen molar-refractivity contribution in [3.05, 3.63) is 164 Å². The van der Waals surface area contributed by atoms with Crippen LogP contribution >= 0.6 is 0 Å². The van der Waals surface area contributed by atoms with Crippen molar-refractivity contribution in [3.8, 4) is 17.1 Å². The first-order valence-electron chi connectivity index (χ1n) is 19.1. The van der Waals surface area contributed by atoms with Gasteiger partial charge in [0.25, 0.3) is 0 Å². The van der Waals surface area contributed by atoms with Gasteiger partial charge in [0.1, 0.15) is 0 Å². The first-order valence-corrected chi connectivity index (χ1v) is 19.1. The molecule has 0 saturated heterocycles. The number of rotatable bonds is 3. The van der Waals surface area contributed by atoms with Gasteiger partial charge in [-0.1, -0.05) is 91.0 Å². The third-order valence-electron chi connectivity index (χ3n) is 12.9. The molecule has 0 bridgehead atoms. The molecule has 0 N–H and O–H groups in total. The van der Waals surface area contributed by atoms with Crippen molar-refractivity contribution in [1.29, 1.82) is 0 Å². The van der Waals surface area contributed by atoms with Gasteiger partial charge in [0.05, 0.1) is 66.2 Å². The van der Waals surface area contributed by atoms with Gasteiger partial charge in [0.2, 0.25) is 0 Å². The Kier molecular flexibility index (Phi) is 4.48. The Hall–Kier alpha value is -7.38. The first-order chi connectivity index (χ1) is 27.3. The van der Waals surface area contributed by atoms with Crippen LogP contribution in [0.15, 0.2) is 164 Å². The fourth-order valence-electron chi connectivity index (χ4n) is 11.0.